The molecule has 5 heteroatoms. The van der Waals surface area contributed by atoms with E-state index in [1.165, 1.54) is 6.07 Å². The predicted molar refractivity (Wildman–Crippen MR) is 67.0 cm³/mol. The highest BCUT2D eigenvalue weighted by Crippen LogP contribution is 2.16. The average molecular weight is 252 g/mol. The molecule has 1 heterocycles. The third kappa shape index (κ3) is 2.98. The van der Waals surface area contributed by atoms with Gasteiger partial charge in [0.15, 0.2) is 0 Å². The lowest BCUT2D eigenvalue weighted by molar-refractivity contribution is 0.0521. The maximum atomic E-state index is 13.4. The lowest BCUT2D eigenvalue weighted by Gasteiger charge is -2.31. The fourth-order valence-electron chi connectivity index (χ4n) is 2.05. The van der Waals surface area contributed by atoms with Gasteiger partial charge in [-0.3, -0.25) is 0 Å². The van der Waals surface area contributed by atoms with Crippen LogP contribution in [0.1, 0.15) is 12.8 Å². The van der Waals surface area contributed by atoms with Crippen LogP contribution in [0, 0.1) is 5.82 Å². The zero-order valence-corrected chi connectivity index (χ0v) is 10.4. The van der Waals surface area contributed by atoms with Crippen molar-refractivity contribution in [2.45, 2.75) is 18.9 Å². The molecule has 0 bridgehead atoms. The number of benzene rings is 1. The zero-order valence-electron chi connectivity index (χ0n) is 10.4. The first kappa shape index (κ1) is 12.8. The second-order valence-corrected chi connectivity index (χ2v) is 4.33. The number of rotatable bonds is 2. The van der Waals surface area contributed by atoms with E-state index in [0.717, 1.165) is 12.8 Å². The molecule has 0 aliphatic carbocycles. The number of nitrogens with zero attached hydrogens (tertiary/aromatic N) is 1. The van der Waals surface area contributed by atoms with Crippen LogP contribution in [0.3, 0.4) is 0 Å². The van der Waals surface area contributed by atoms with Crippen LogP contribution in [-0.2, 0) is 4.74 Å². The highest BCUT2D eigenvalue weighted by molar-refractivity contribution is 5.89. The van der Waals surface area contributed by atoms with Gasteiger partial charge in [0.25, 0.3) is 0 Å². The van der Waals surface area contributed by atoms with Gasteiger partial charge >= 0.3 is 6.03 Å². The third-order valence-corrected chi connectivity index (χ3v) is 3.18. The van der Waals surface area contributed by atoms with Crippen molar-refractivity contribution < 1.29 is 13.9 Å². The number of halogens is 1. The van der Waals surface area contributed by atoms with Crippen LogP contribution in [0.2, 0.25) is 0 Å². The topological polar surface area (TPSA) is 41.6 Å². The third-order valence-electron chi connectivity index (χ3n) is 3.18. The van der Waals surface area contributed by atoms with Crippen LogP contribution in [0.25, 0.3) is 0 Å². The van der Waals surface area contributed by atoms with E-state index in [1.807, 2.05) is 0 Å². The molecule has 1 aliphatic heterocycles. The molecule has 0 saturated carbocycles. The molecule has 1 aromatic carbocycles. The molecule has 0 unspecified atom stereocenters. The maximum Gasteiger partial charge on any atom is 0.321 e. The first-order chi connectivity index (χ1) is 8.70. The van der Waals surface area contributed by atoms with Gasteiger partial charge in [0.2, 0.25) is 0 Å². The summed E-state index contributed by atoms with van der Waals surface area (Å²) < 4.78 is 18.6. The number of piperidine rings is 1. The quantitative estimate of drug-likeness (QED) is 0.878. The minimum Gasteiger partial charge on any atom is -0.381 e. The lowest BCUT2D eigenvalue weighted by Crippen LogP contribution is -2.42. The maximum absolute atomic E-state index is 13.4. The standard InChI is InChI=1S/C13H17FN2O2/c1-18-10-6-8-16(9-7-10)13(17)15-12-5-3-2-4-11(12)14/h2-5,10H,6-9H2,1H3,(H,15,17). The van der Waals surface area contributed by atoms with Gasteiger partial charge in [0.05, 0.1) is 11.8 Å². The first-order valence-corrected chi connectivity index (χ1v) is 6.04. The number of ether oxygens (including phenoxy) is 1. The summed E-state index contributed by atoms with van der Waals surface area (Å²) >= 11 is 0. The smallest absolute Gasteiger partial charge is 0.321 e. The Morgan fingerprint density at radius 3 is 2.67 bits per heavy atom. The Kier molecular flexibility index (Phi) is 4.15. The number of carbonyl (C=O) groups excluding carboxylic acids is 1. The number of nitrogens with one attached hydrogen (secondary N) is 1. The van der Waals surface area contributed by atoms with E-state index in [4.69, 9.17) is 4.74 Å². The Balaban J connectivity index is 1.91. The van der Waals surface area contributed by atoms with E-state index < -0.39 is 5.82 Å². The lowest BCUT2D eigenvalue weighted by atomic mass is 10.1. The van der Waals surface area contributed by atoms with Gasteiger partial charge in [-0.25, -0.2) is 9.18 Å². The van der Waals surface area contributed by atoms with Gasteiger partial charge in [-0.05, 0) is 25.0 Å². The Morgan fingerprint density at radius 1 is 1.39 bits per heavy atom. The fourth-order valence-corrected chi connectivity index (χ4v) is 2.05. The second kappa shape index (κ2) is 5.82. The molecule has 1 fully saturated rings. The summed E-state index contributed by atoms with van der Waals surface area (Å²) in [5.74, 6) is -0.419. The molecule has 0 atom stereocenters. The summed E-state index contributed by atoms with van der Waals surface area (Å²) in [4.78, 5) is 13.6. The number of hydrogen-bond acceptors (Lipinski definition) is 2. The molecule has 18 heavy (non-hydrogen) atoms. The molecule has 0 radical (unpaired) electrons. The summed E-state index contributed by atoms with van der Waals surface area (Å²) in [7, 11) is 1.68. The van der Waals surface area contributed by atoms with E-state index in [2.05, 4.69) is 5.32 Å². The van der Waals surface area contributed by atoms with Gasteiger partial charge in [-0.2, -0.15) is 0 Å². The summed E-state index contributed by atoms with van der Waals surface area (Å²) in [6, 6.07) is 5.90. The van der Waals surface area contributed by atoms with Crippen molar-refractivity contribution >= 4 is 11.7 Å². The molecule has 2 rings (SSSR count). The average Bonchev–Trinajstić information content (AvgIpc) is 2.41. The van der Waals surface area contributed by atoms with E-state index in [-0.39, 0.29) is 17.8 Å². The summed E-state index contributed by atoms with van der Waals surface area (Å²) in [5.41, 5.74) is 0.219. The van der Waals surface area contributed by atoms with Crippen molar-refractivity contribution in [3.05, 3.63) is 30.1 Å². The number of hydrogen-bond donors (Lipinski definition) is 1. The Labute approximate surface area is 106 Å². The van der Waals surface area contributed by atoms with Gasteiger partial charge < -0.3 is 15.0 Å². The summed E-state index contributed by atoms with van der Waals surface area (Å²) in [6.07, 6.45) is 1.87. The molecule has 4 nitrogen and oxygen atoms in total. The van der Waals surface area contributed by atoms with Crippen LogP contribution in [0.5, 0.6) is 0 Å². The molecule has 0 aromatic heterocycles. The van der Waals surface area contributed by atoms with E-state index in [0.29, 0.717) is 13.1 Å². The molecule has 0 spiro atoms. The van der Waals surface area contributed by atoms with Crippen molar-refractivity contribution in [1.82, 2.24) is 4.90 Å². The van der Waals surface area contributed by atoms with Crippen molar-refractivity contribution in [2.24, 2.45) is 0 Å². The molecule has 1 aromatic rings. The summed E-state index contributed by atoms with van der Waals surface area (Å²) in [6.45, 7) is 1.28. The highest BCUT2D eigenvalue weighted by atomic mass is 19.1. The minimum atomic E-state index is -0.419. The summed E-state index contributed by atoms with van der Waals surface area (Å²) in [5, 5.41) is 2.58. The molecular formula is C13H17FN2O2. The van der Waals surface area contributed by atoms with Crippen molar-refractivity contribution in [1.29, 1.82) is 0 Å². The first-order valence-electron chi connectivity index (χ1n) is 6.04. The molecular weight excluding hydrogens is 235 g/mol. The number of carbonyl (C=O) groups is 1. The molecule has 2 amide bonds. The second-order valence-electron chi connectivity index (χ2n) is 4.33. The zero-order chi connectivity index (χ0) is 13.0. The van der Waals surface area contributed by atoms with Crippen molar-refractivity contribution in [3.8, 4) is 0 Å². The number of para-hydroxylation sites is 1. The van der Waals surface area contributed by atoms with E-state index in [9.17, 15) is 9.18 Å². The van der Waals surface area contributed by atoms with Gasteiger partial charge in [-0.1, -0.05) is 12.1 Å². The van der Waals surface area contributed by atoms with Gasteiger partial charge in [0.1, 0.15) is 5.82 Å². The van der Waals surface area contributed by atoms with Crippen LogP contribution in [0.4, 0.5) is 14.9 Å². The van der Waals surface area contributed by atoms with E-state index >= 15 is 0 Å². The fraction of sp³-hybridized carbons (Fsp3) is 0.462. The van der Waals surface area contributed by atoms with Crippen LogP contribution in [0.15, 0.2) is 24.3 Å². The van der Waals surface area contributed by atoms with Gasteiger partial charge in [-0.15, -0.1) is 0 Å². The van der Waals surface area contributed by atoms with Gasteiger partial charge in [0, 0.05) is 20.2 Å². The van der Waals surface area contributed by atoms with Crippen LogP contribution in [-0.4, -0.2) is 37.2 Å². The van der Waals surface area contributed by atoms with Crippen LogP contribution >= 0.6 is 0 Å². The number of urea groups is 1. The van der Waals surface area contributed by atoms with E-state index in [1.54, 1.807) is 30.2 Å². The SMILES string of the molecule is COC1CCN(C(=O)Nc2ccccc2F)CC1. The predicted octanol–water partition coefficient (Wildman–Crippen LogP) is 2.47. The Bertz CT molecular complexity index is 417. The molecule has 98 valence electrons. The number of amides is 2. The minimum absolute atomic E-state index is 0.219. The number of likely N-dealkylation sites (tertiary alicyclic amines) is 1. The Hall–Kier alpha value is -1.62. The Morgan fingerprint density at radius 2 is 2.06 bits per heavy atom. The number of anilines is 1. The highest BCUT2D eigenvalue weighted by Gasteiger charge is 2.22. The van der Waals surface area contributed by atoms with Crippen molar-refractivity contribution in [2.75, 3.05) is 25.5 Å². The monoisotopic (exact) mass is 252 g/mol. The van der Waals surface area contributed by atoms with Crippen LogP contribution < -0.4 is 5.32 Å². The van der Waals surface area contributed by atoms with Crippen molar-refractivity contribution in [3.63, 3.8) is 0 Å². The molecule has 1 N–H and O–H groups in total. The largest absolute Gasteiger partial charge is 0.381 e. The molecule has 1 saturated heterocycles. The normalized spacial score (nSPS) is 16.7. The molecule has 1 aliphatic rings. The number of methoxy groups -OCH3 is 1.